The Balaban J connectivity index is 1.14. The van der Waals surface area contributed by atoms with Crippen molar-refractivity contribution in [3.05, 3.63) is 259 Å². The van der Waals surface area contributed by atoms with Crippen LogP contribution < -0.4 is 0 Å². The third-order valence-corrected chi connectivity index (χ3v) is 18.1. The zero-order chi connectivity index (χ0) is 61.9. The van der Waals surface area contributed by atoms with Crippen LogP contribution in [0.1, 0.15) is 83.5 Å². The van der Waals surface area contributed by atoms with Gasteiger partial charge in [0.1, 0.15) is 0 Å². The highest BCUT2D eigenvalue weighted by Crippen LogP contribution is 2.47. The molecule has 2 heterocycles. The minimum absolute atomic E-state index is 0.0900. The van der Waals surface area contributed by atoms with Crippen molar-refractivity contribution >= 4 is 43.6 Å². The van der Waals surface area contributed by atoms with E-state index in [1.807, 2.05) is 36.4 Å². The molecule has 0 amide bonds. The van der Waals surface area contributed by atoms with Crippen LogP contribution in [0.4, 0.5) is 13.2 Å². The van der Waals surface area contributed by atoms with Gasteiger partial charge in [-0.2, -0.15) is 23.7 Å². The number of benzene rings is 11. The first kappa shape index (κ1) is 56.9. The van der Waals surface area contributed by atoms with Crippen LogP contribution in [0.3, 0.4) is 0 Å². The van der Waals surface area contributed by atoms with Crippen molar-refractivity contribution in [1.29, 1.82) is 10.5 Å². The number of halogens is 3. The summed E-state index contributed by atoms with van der Waals surface area (Å²) in [4.78, 5) is 0. The molecule has 11 aromatic carbocycles. The monoisotopic (exact) mass is 1150 g/mol. The quantitative estimate of drug-likeness (QED) is 0.152. The molecule has 0 N–H and O–H groups in total. The number of hydrogen-bond acceptors (Lipinski definition) is 2. The number of hydrogen-bond donors (Lipinski definition) is 0. The van der Waals surface area contributed by atoms with Gasteiger partial charge in [-0.3, -0.25) is 0 Å². The Morgan fingerprint density at radius 3 is 0.932 bits per heavy atom. The van der Waals surface area contributed by atoms with E-state index in [2.05, 4.69) is 226 Å². The van der Waals surface area contributed by atoms with Gasteiger partial charge in [0.2, 0.25) is 0 Å². The highest BCUT2D eigenvalue weighted by molar-refractivity contribution is 6.14. The minimum atomic E-state index is -4.65. The molecule has 0 saturated heterocycles. The molecule has 7 heteroatoms. The van der Waals surface area contributed by atoms with E-state index >= 15 is 0 Å². The van der Waals surface area contributed by atoms with Crippen molar-refractivity contribution in [1.82, 2.24) is 9.13 Å². The van der Waals surface area contributed by atoms with Gasteiger partial charge in [0.25, 0.3) is 0 Å². The van der Waals surface area contributed by atoms with Crippen LogP contribution in [-0.2, 0) is 6.18 Å². The van der Waals surface area contributed by atoms with Gasteiger partial charge in [0, 0.05) is 32.7 Å². The Hall–Kier alpha value is -10.2. The first-order valence-corrected chi connectivity index (χ1v) is 29.9. The summed E-state index contributed by atoms with van der Waals surface area (Å²) in [5, 5.41) is 25.7. The second kappa shape index (κ2) is 21.3. The van der Waals surface area contributed by atoms with Gasteiger partial charge in [-0.05, 0) is 262 Å². The normalized spacial score (nSPS) is 11.8. The van der Waals surface area contributed by atoms with Crippen LogP contribution in [0.2, 0.25) is 0 Å². The van der Waals surface area contributed by atoms with Crippen LogP contribution in [-0.4, -0.2) is 9.13 Å². The lowest BCUT2D eigenvalue weighted by atomic mass is 9.91. The second-order valence-corrected chi connectivity index (χ2v) is 24.6. The lowest BCUT2D eigenvalue weighted by Crippen LogP contribution is -2.05. The molecular weight excluding hydrogens is 1090 g/mol. The maximum absolute atomic E-state index is 14.4. The molecule has 430 valence electrons. The third-order valence-electron chi connectivity index (χ3n) is 18.1. The molecule has 0 aliphatic carbocycles. The van der Waals surface area contributed by atoms with Crippen molar-refractivity contribution in [3.63, 3.8) is 0 Å². The van der Waals surface area contributed by atoms with E-state index in [0.29, 0.717) is 16.7 Å². The average molecular weight is 1150 g/mol. The minimum Gasteiger partial charge on any atom is -0.309 e. The second-order valence-electron chi connectivity index (χ2n) is 24.6. The number of nitrogens with zero attached hydrogens (tertiary/aromatic N) is 4. The topological polar surface area (TPSA) is 57.4 Å². The summed E-state index contributed by atoms with van der Waals surface area (Å²) in [6.07, 6.45) is -4.65. The standard InChI is InChI=1S/C81H65F3N4/c1-44-27-48(5)77(49(6)28-44)58-15-23-71-67(37-58)68-38-59(78-50(7)29-45(2)30-51(78)8)16-24-72(68)87(71)75-35-56(42-85)13-20-65(75)66-21-14-57(64-22-19-63(81(82,83)84)36-62(64)43-86)41-76(66)88-73-25-17-60(79-52(9)31-46(3)32-53(79)10)39-69(73)70-40-61(18-26-74(70)88)80-54(11)33-47(4)34-55(80)12/h13-41H,1-12H3. The van der Waals surface area contributed by atoms with Crippen LogP contribution in [0.25, 0.3) is 122 Å². The zero-order valence-corrected chi connectivity index (χ0v) is 51.7. The molecule has 0 unspecified atom stereocenters. The molecule has 0 aliphatic rings. The fourth-order valence-corrected chi connectivity index (χ4v) is 14.9. The maximum Gasteiger partial charge on any atom is 0.416 e. The van der Waals surface area contributed by atoms with E-state index in [1.54, 1.807) is 0 Å². The van der Waals surface area contributed by atoms with Gasteiger partial charge in [0.15, 0.2) is 0 Å². The summed E-state index contributed by atoms with van der Waals surface area (Å²) >= 11 is 0. The van der Waals surface area contributed by atoms with Gasteiger partial charge in [-0.1, -0.05) is 119 Å². The van der Waals surface area contributed by atoms with Gasteiger partial charge in [-0.15, -0.1) is 0 Å². The third kappa shape index (κ3) is 9.54. The highest BCUT2D eigenvalue weighted by Gasteiger charge is 2.32. The molecule has 88 heavy (non-hydrogen) atoms. The molecular formula is C81H65F3N4. The van der Waals surface area contributed by atoms with Crippen LogP contribution in [0, 0.1) is 106 Å². The molecule has 0 spiro atoms. The summed E-state index contributed by atoms with van der Waals surface area (Å²) in [5.41, 5.74) is 30.7. The lowest BCUT2D eigenvalue weighted by molar-refractivity contribution is -0.137. The van der Waals surface area contributed by atoms with Crippen molar-refractivity contribution in [3.8, 4) is 90.3 Å². The summed E-state index contributed by atoms with van der Waals surface area (Å²) in [6, 6.07) is 64.6. The van der Waals surface area contributed by atoms with E-state index in [1.165, 1.54) is 95.1 Å². The predicted octanol–water partition coefficient (Wildman–Crippen LogP) is 22.3. The number of aromatic nitrogens is 2. The molecule has 0 radical (unpaired) electrons. The van der Waals surface area contributed by atoms with E-state index < -0.39 is 11.7 Å². The van der Waals surface area contributed by atoms with E-state index in [4.69, 9.17) is 0 Å². The molecule has 0 atom stereocenters. The Kier molecular flexibility index (Phi) is 13.8. The Bertz CT molecular complexity index is 4920. The fourth-order valence-electron chi connectivity index (χ4n) is 14.9. The summed E-state index contributed by atoms with van der Waals surface area (Å²) in [6.45, 7) is 25.9. The number of rotatable bonds is 8. The van der Waals surface area contributed by atoms with Gasteiger partial charge >= 0.3 is 6.18 Å². The summed E-state index contributed by atoms with van der Waals surface area (Å²) in [5.74, 6) is 0. The highest BCUT2D eigenvalue weighted by atomic mass is 19.4. The van der Waals surface area contributed by atoms with Gasteiger partial charge < -0.3 is 9.13 Å². The Morgan fingerprint density at radius 2 is 0.614 bits per heavy atom. The lowest BCUT2D eigenvalue weighted by Gasteiger charge is -2.21. The van der Waals surface area contributed by atoms with Crippen LogP contribution in [0.15, 0.2) is 176 Å². The molecule has 0 saturated carbocycles. The average Bonchev–Trinajstić information content (AvgIpc) is 1.66. The molecule has 0 bridgehead atoms. The van der Waals surface area contributed by atoms with Crippen molar-refractivity contribution in [2.24, 2.45) is 0 Å². The molecule has 13 rings (SSSR count). The molecule has 0 aliphatic heterocycles. The van der Waals surface area contributed by atoms with Crippen molar-refractivity contribution in [2.45, 2.75) is 89.3 Å². The van der Waals surface area contributed by atoms with E-state index in [0.717, 1.165) is 100 Å². The number of aryl methyl sites for hydroxylation is 12. The van der Waals surface area contributed by atoms with E-state index in [-0.39, 0.29) is 5.56 Å². The summed E-state index contributed by atoms with van der Waals surface area (Å²) in [7, 11) is 0. The smallest absolute Gasteiger partial charge is 0.309 e. The summed E-state index contributed by atoms with van der Waals surface area (Å²) < 4.78 is 47.7. The first-order chi connectivity index (χ1) is 42.1. The first-order valence-electron chi connectivity index (χ1n) is 29.9. The number of alkyl halides is 3. The van der Waals surface area contributed by atoms with Gasteiger partial charge in [0.05, 0.1) is 62.3 Å². The van der Waals surface area contributed by atoms with Crippen molar-refractivity contribution < 1.29 is 13.2 Å². The molecule has 13 aromatic rings. The van der Waals surface area contributed by atoms with E-state index in [9.17, 15) is 23.7 Å². The Morgan fingerprint density at radius 1 is 0.307 bits per heavy atom. The Labute approximate surface area is 512 Å². The maximum atomic E-state index is 14.4. The van der Waals surface area contributed by atoms with Crippen molar-refractivity contribution in [2.75, 3.05) is 0 Å². The molecule has 2 aromatic heterocycles. The van der Waals surface area contributed by atoms with Crippen LogP contribution >= 0.6 is 0 Å². The SMILES string of the molecule is Cc1cc(C)c(-c2ccc3c(c2)c2cc(-c4c(C)cc(C)cc4C)ccc2n3-c2cc(C#N)ccc2-c2ccc(-c3ccc(C(F)(F)F)cc3C#N)cc2-n2c3ccc(-c4c(C)cc(C)cc4C)cc3c3cc(-c4c(C)cc(C)cc4C)ccc32)c(C)c1. The van der Waals surface area contributed by atoms with Crippen LogP contribution in [0.5, 0.6) is 0 Å². The fraction of sp³-hybridized carbons (Fsp3) is 0.160. The predicted molar refractivity (Wildman–Crippen MR) is 359 cm³/mol. The largest absolute Gasteiger partial charge is 0.416 e. The molecule has 4 nitrogen and oxygen atoms in total. The zero-order valence-electron chi connectivity index (χ0n) is 51.7. The number of fused-ring (bicyclic) bond motifs is 6. The number of nitriles is 2. The molecule has 0 fully saturated rings. The van der Waals surface area contributed by atoms with Gasteiger partial charge in [-0.25, -0.2) is 0 Å².